The van der Waals surface area contributed by atoms with E-state index in [9.17, 15) is 0 Å². The number of hydrogen-bond acceptors (Lipinski definition) is 46. The van der Waals surface area contributed by atoms with Crippen molar-refractivity contribution in [1.82, 2.24) is 0 Å². The normalized spacial score (nSPS) is 5.27. The quantitative estimate of drug-likeness (QED) is 0.0634. The molecule has 0 saturated heterocycles. The van der Waals surface area contributed by atoms with Crippen LogP contribution in [0.4, 0.5) is 0 Å². The molecular formula is H8N18Na10O54. The van der Waals surface area contributed by atoms with Crippen molar-refractivity contribution in [1.29, 1.82) is 0 Å². The van der Waals surface area contributed by atoms with E-state index in [-0.39, 0.29) is 296 Å². The van der Waals surface area contributed by atoms with Gasteiger partial charge in [0.25, 0.3) is 40.7 Å². The Labute approximate surface area is 653 Å². The Morgan fingerprint density at radius 1 is 0.122 bits per heavy atom. The molecule has 0 spiro atoms. The van der Waals surface area contributed by atoms with Crippen LogP contribution in [0, 0.1) is 234 Å². The van der Waals surface area contributed by atoms with Crippen LogP contribution in [0.1, 0.15) is 0 Å². The monoisotopic (exact) mass is 1350 g/mol. The zero-order chi connectivity index (χ0) is 64.4. The summed E-state index contributed by atoms with van der Waals surface area (Å²) in [4.78, 5) is 149. The first-order valence-electron chi connectivity index (χ1n) is 10.00. The Balaban J connectivity index is -0.0000000144. The molecule has 0 aliphatic heterocycles. The third kappa shape index (κ3) is 21700. The molecule has 0 aromatic carbocycles. The summed E-state index contributed by atoms with van der Waals surface area (Å²) < 4.78 is 0. The molecule has 432 valence electrons. The van der Waals surface area contributed by atoms with Crippen LogP contribution in [0.15, 0.2) is 0 Å². The molecule has 82 heteroatoms. The largest absolute Gasteiger partial charge is 1.00 e. The summed E-state index contributed by atoms with van der Waals surface area (Å²) in [6.45, 7) is 0. The molecule has 72 nitrogen and oxygen atoms in total. The summed E-state index contributed by atoms with van der Waals surface area (Å²) in [6.07, 6.45) is 0. The third-order valence-electron chi connectivity index (χ3n) is 0. The molecule has 0 bridgehead atoms. The zero-order valence-electron chi connectivity index (χ0n) is 40.4. The second-order valence-corrected chi connectivity index (χ2v) is 4.14. The third-order valence-corrected chi connectivity index (χ3v) is 0. The Hall–Kier alpha value is -4.40. The van der Waals surface area contributed by atoms with Crippen molar-refractivity contribution in [2.24, 2.45) is 0 Å². The van der Waals surface area contributed by atoms with Gasteiger partial charge in [0.2, 0.25) is 0 Å². The summed E-state index contributed by atoms with van der Waals surface area (Å²) in [5.41, 5.74) is 0. The van der Waals surface area contributed by atoms with E-state index < -0.39 is 91.6 Å². The van der Waals surface area contributed by atoms with Gasteiger partial charge in [-0.15, -0.1) is 80.9 Å². The van der Waals surface area contributed by atoms with Gasteiger partial charge in [0.15, 0.2) is 0 Å². The molecule has 0 unspecified atom stereocenters. The molecule has 0 amide bonds. The maximum absolute atomic E-state index is 8.36. The second-order valence-electron chi connectivity index (χ2n) is 4.14. The van der Waals surface area contributed by atoms with Gasteiger partial charge < -0.3 is 195 Å². The molecule has 0 aliphatic rings. The van der Waals surface area contributed by atoms with Crippen LogP contribution in [-0.2, 0) is 0 Å². The van der Waals surface area contributed by atoms with Gasteiger partial charge in [0.05, 0.1) is 50.9 Å². The van der Waals surface area contributed by atoms with E-state index in [0.29, 0.717) is 0 Å². The van der Waals surface area contributed by atoms with Crippen molar-refractivity contribution in [2.75, 3.05) is 0 Å². The smallest absolute Gasteiger partial charge is 0.356 e. The molecule has 0 aromatic heterocycles. The van der Waals surface area contributed by atoms with Crippen molar-refractivity contribution in [3.63, 3.8) is 0 Å². The molecule has 0 saturated carbocycles. The summed E-state index contributed by atoms with van der Waals surface area (Å²) in [5, 5.41) is 257. The fourth-order valence-corrected chi connectivity index (χ4v) is 0. The molecule has 82 heavy (non-hydrogen) atoms. The Morgan fingerprint density at radius 2 is 0.122 bits per heavy atom. The second kappa shape index (κ2) is 178. The summed E-state index contributed by atoms with van der Waals surface area (Å²) in [5.74, 6) is 0. The first kappa shape index (κ1) is 185. The van der Waals surface area contributed by atoms with Crippen molar-refractivity contribution in [3.05, 3.63) is 234 Å². The van der Waals surface area contributed by atoms with Gasteiger partial charge >= 0.3 is 296 Å². The zero-order valence-corrected chi connectivity index (χ0v) is 60.4. The Bertz CT molecular complexity index is 967. The van der Waals surface area contributed by atoms with Gasteiger partial charge in [-0.1, -0.05) is 0 Å². The van der Waals surface area contributed by atoms with Crippen molar-refractivity contribution in [3.8, 4) is 0 Å². The molecule has 0 heterocycles. The minimum Gasteiger partial charge on any atom is -0.356 e. The van der Waals surface area contributed by atoms with Crippen LogP contribution in [0.2, 0.25) is 0 Å². The molecule has 0 aliphatic carbocycles. The molecular weight excluding hydrogens is 1350 g/mol. The molecule has 0 atom stereocenters. The predicted molar refractivity (Wildman–Crippen MR) is 174 cm³/mol. The van der Waals surface area contributed by atoms with E-state index in [0.717, 1.165) is 0 Å². The number of rotatable bonds is 0. The van der Waals surface area contributed by atoms with Gasteiger partial charge in [-0.05, 0) is 0 Å². The van der Waals surface area contributed by atoms with Crippen LogP contribution < -0.4 is 296 Å². The van der Waals surface area contributed by atoms with Gasteiger partial charge in [-0.2, -0.15) is 0 Å². The molecule has 0 fully saturated rings. The first-order valence-corrected chi connectivity index (χ1v) is 10.00. The van der Waals surface area contributed by atoms with Crippen LogP contribution in [0.5, 0.6) is 0 Å². The standard InChI is InChI=1S/8HNO3.10NO3.10Na/c18*2-1(3)4;;;;;;;;;;/h8*(H,2,3,4);;;;;;;;;;;;;;;;;;;;/q;;;;;;;;10*-1;10*+1. The van der Waals surface area contributed by atoms with Crippen molar-refractivity contribution < 1.29 is 429 Å². The van der Waals surface area contributed by atoms with Gasteiger partial charge in [-0.3, -0.25) is 0 Å². The van der Waals surface area contributed by atoms with E-state index in [1.165, 1.54) is 0 Å². The minimum absolute atomic E-state index is 0. The van der Waals surface area contributed by atoms with Crippen LogP contribution >= 0.6 is 0 Å². The molecule has 8 N–H and O–H groups in total. The molecule has 0 aromatic rings. The Kier molecular flexibility index (Phi) is 402. The maximum atomic E-state index is 8.36. The van der Waals surface area contributed by atoms with Gasteiger partial charge in [0.1, 0.15) is 0 Å². The van der Waals surface area contributed by atoms with E-state index in [4.69, 9.17) is 276 Å². The summed E-state index contributed by atoms with van der Waals surface area (Å²) in [7, 11) is 0. The number of nitrogens with zero attached hydrogens (tertiary/aromatic N) is 18. The fourth-order valence-electron chi connectivity index (χ4n) is 0. The number of hydrogen-bond donors (Lipinski definition) is 8. The van der Waals surface area contributed by atoms with Gasteiger partial charge in [0, 0.05) is 0 Å². The van der Waals surface area contributed by atoms with Crippen LogP contribution in [-0.4, -0.2) is 133 Å². The SMILES string of the molecule is O=[N+]([O-])O.O=[N+]([O-])O.O=[N+]([O-])O.O=[N+]([O-])O.O=[N+]([O-])O.O=[N+]([O-])O.O=[N+]([O-])O.O=[N+]([O-])O.O=[N+]([O-])[O-].O=[N+]([O-])[O-].O=[N+]([O-])[O-].O=[N+]([O-])[O-].O=[N+]([O-])[O-].O=[N+]([O-])[O-].O=[N+]([O-])[O-].O=[N+]([O-])[O-].O=[N+]([O-])[O-].O=[N+]([O-])[O-].[Na+].[Na+].[Na+].[Na+].[Na+].[Na+].[Na+].[Na+].[Na+].[Na+]. The predicted octanol–water partition coefficient (Wildman–Crippen LogP) is -35.1. The Morgan fingerprint density at radius 3 is 0.122 bits per heavy atom. The van der Waals surface area contributed by atoms with Crippen LogP contribution in [0.3, 0.4) is 0 Å². The summed E-state index contributed by atoms with van der Waals surface area (Å²) in [6, 6.07) is 0. The minimum atomic E-state index is -1.75. The van der Waals surface area contributed by atoms with Crippen molar-refractivity contribution >= 4 is 0 Å². The van der Waals surface area contributed by atoms with E-state index >= 15 is 0 Å². The van der Waals surface area contributed by atoms with Gasteiger partial charge in [-0.25, -0.2) is 0 Å². The van der Waals surface area contributed by atoms with Crippen LogP contribution in [0.25, 0.3) is 0 Å². The molecule has 0 radical (unpaired) electrons. The topological polar surface area (TPSA) is 1170 Å². The first-order chi connectivity index (χ1) is 31.2. The van der Waals surface area contributed by atoms with Crippen molar-refractivity contribution in [2.45, 2.75) is 0 Å². The van der Waals surface area contributed by atoms with E-state index in [1.54, 1.807) is 0 Å². The maximum Gasteiger partial charge on any atom is 1.00 e. The summed E-state index contributed by atoms with van der Waals surface area (Å²) >= 11 is 0. The molecule has 0 rings (SSSR count). The van der Waals surface area contributed by atoms with E-state index in [1.807, 2.05) is 0 Å². The fraction of sp³-hybridized carbons (Fsp3) is 0. The average molecular weight is 1350 g/mol. The van der Waals surface area contributed by atoms with E-state index in [2.05, 4.69) is 0 Å². The average Bonchev–Trinajstić information content (AvgIpc) is 2.91.